The number of hydrogen-bond donors (Lipinski definition) is 4. The Hall–Kier alpha value is -1.92. The van der Waals surface area contributed by atoms with Crippen molar-refractivity contribution in [1.82, 2.24) is 5.32 Å². The van der Waals surface area contributed by atoms with Crippen LogP contribution in [0.2, 0.25) is 0 Å². The lowest BCUT2D eigenvalue weighted by molar-refractivity contribution is -0.141. The maximum atomic E-state index is 11.8. The first-order valence-corrected chi connectivity index (χ1v) is 6.55. The monoisotopic (exact) mass is 279 g/mol. The van der Waals surface area contributed by atoms with Gasteiger partial charge in [-0.1, -0.05) is 12.1 Å². The molecule has 0 bridgehead atoms. The third kappa shape index (κ3) is 5.81. The summed E-state index contributed by atoms with van der Waals surface area (Å²) in [6, 6.07) is 6.45. The standard InChI is InChI=1S/C14H21N3O3/c1-10-4-2-5-11(8-10)17-13(18)9-12(14(19)20)16-7-3-6-15/h2,4-5,8,12,16H,3,6-7,9,15H2,1H3,(H,17,18)(H,19,20)/t12-/m1/s1. The van der Waals surface area contributed by atoms with Crippen LogP contribution in [0.3, 0.4) is 0 Å². The second-order valence-corrected chi connectivity index (χ2v) is 4.61. The molecule has 20 heavy (non-hydrogen) atoms. The zero-order chi connectivity index (χ0) is 15.0. The van der Waals surface area contributed by atoms with Crippen LogP contribution in [0.4, 0.5) is 5.69 Å². The second kappa shape index (κ2) is 8.29. The molecule has 0 aromatic heterocycles. The average Bonchev–Trinajstić information content (AvgIpc) is 2.37. The number of carbonyl (C=O) groups excluding carboxylic acids is 1. The zero-order valence-electron chi connectivity index (χ0n) is 11.6. The number of benzene rings is 1. The van der Waals surface area contributed by atoms with Crippen molar-refractivity contribution in [3.05, 3.63) is 29.8 Å². The highest BCUT2D eigenvalue weighted by Crippen LogP contribution is 2.10. The van der Waals surface area contributed by atoms with Crippen molar-refractivity contribution in [2.75, 3.05) is 18.4 Å². The summed E-state index contributed by atoms with van der Waals surface area (Å²) in [6.07, 6.45) is 0.553. The maximum Gasteiger partial charge on any atom is 0.321 e. The number of hydrogen-bond acceptors (Lipinski definition) is 4. The van der Waals surface area contributed by atoms with E-state index in [-0.39, 0.29) is 12.3 Å². The highest BCUT2D eigenvalue weighted by Gasteiger charge is 2.20. The minimum atomic E-state index is -1.04. The highest BCUT2D eigenvalue weighted by atomic mass is 16.4. The fourth-order valence-electron chi connectivity index (χ4n) is 1.75. The molecule has 0 heterocycles. The van der Waals surface area contributed by atoms with E-state index in [9.17, 15) is 9.59 Å². The summed E-state index contributed by atoms with van der Waals surface area (Å²) in [4.78, 5) is 22.9. The Balaban J connectivity index is 2.51. The summed E-state index contributed by atoms with van der Waals surface area (Å²) in [5, 5.41) is 14.6. The number of carboxylic acid groups (broad SMARTS) is 1. The van der Waals surface area contributed by atoms with E-state index in [2.05, 4.69) is 10.6 Å². The van der Waals surface area contributed by atoms with E-state index in [4.69, 9.17) is 10.8 Å². The molecule has 0 aliphatic carbocycles. The van der Waals surface area contributed by atoms with E-state index < -0.39 is 12.0 Å². The van der Waals surface area contributed by atoms with Crippen molar-refractivity contribution < 1.29 is 14.7 Å². The molecule has 0 spiro atoms. The number of anilines is 1. The Labute approximate surface area is 118 Å². The number of carboxylic acids is 1. The Morgan fingerprint density at radius 3 is 2.75 bits per heavy atom. The van der Waals surface area contributed by atoms with Gasteiger partial charge in [-0.15, -0.1) is 0 Å². The summed E-state index contributed by atoms with van der Waals surface area (Å²) < 4.78 is 0. The van der Waals surface area contributed by atoms with Gasteiger partial charge in [-0.25, -0.2) is 0 Å². The van der Waals surface area contributed by atoms with Gasteiger partial charge in [0, 0.05) is 5.69 Å². The van der Waals surface area contributed by atoms with Gasteiger partial charge in [0.05, 0.1) is 6.42 Å². The number of rotatable bonds is 8. The normalized spacial score (nSPS) is 11.9. The molecule has 0 saturated carbocycles. The van der Waals surface area contributed by atoms with Crippen LogP contribution >= 0.6 is 0 Å². The molecule has 5 N–H and O–H groups in total. The minimum absolute atomic E-state index is 0.117. The Morgan fingerprint density at radius 1 is 1.40 bits per heavy atom. The van der Waals surface area contributed by atoms with E-state index in [1.807, 2.05) is 25.1 Å². The second-order valence-electron chi connectivity index (χ2n) is 4.61. The van der Waals surface area contributed by atoms with Gasteiger partial charge in [-0.3, -0.25) is 9.59 Å². The molecule has 0 unspecified atom stereocenters. The molecule has 6 heteroatoms. The fourth-order valence-corrected chi connectivity index (χ4v) is 1.75. The topological polar surface area (TPSA) is 104 Å². The number of aliphatic carboxylic acids is 1. The predicted octanol–water partition coefficient (Wildman–Crippen LogP) is 0.715. The number of amides is 1. The van der Waals surface area contributed by atoms with Crippen LogP contribution in [-0.4, -0.2) is 36.1 Å². The van der Waals surface area contributed by atoms with Gasteiger partial charge in [0.1, 0.15) is 6.04 Å². The molecule has 110 valence electrons. The van der Waals surface area contributed by atoms with Crippen molar-refractivity contribution in [2.45, 2.75) is 25.8 Å². The SMILES string of the molecule is Cc1cccc(NC(=O)C[C@@H](NCCCN)C(=O)O)c1. The first kappa shape index (κ1) is 16.1. The van der Waals surface area contributed by atoms with Gasteiger partial charge >= 0.3 is 5.97 Å². The van der Waals surface area contributed by atoms with Crippen LogP contribution in [-0.2, 0) is 9.59 Å². The molecule has 0 saturated heterocycles. The van der Waals surface area contributed by atoms with Gasteiger partial charge in [0.25, 0.3) is 0 Å². The first-order chi connectivity index (χ1) is 9.52. The largest absolute Gasteiger partial charge is 0.480 e. The van der Waals surface area contributed by atoms with Gasteiger partial charge in [-0.05, 0) is 44.1 Å². The van der Waals surface area contributed by atoms with Crippen LogP contribution in [0, 0.1) is 6.92 Å². The van der Waals surface area contributed by atoms with Crippen LogP contribution < -0.4 is 16.4 Å². The molecular weight excluding hydrogens is 258 g/mol. The molecule has 6 nitrogen and oxygen atoms in total. The van der Waals surface area contributed by atoms with Crippen molar-refractivity contribution >= 4 is 17.6 Å². The van der Waals surface area contributed by atoms with Crippen molar-refractivity contribution in [3.63, 3.8) is 0 Å². The molecule has 1 aromatic carbocycles. The van der Waals surface area contributed by atoms with Gasteiger partial charge in [-0.2, -0.15) is 0 Å². The quantitative estimate of drug-likeness (QED) is 0.525. The molecule has 0 aliphatic heterocycles. The lowest BCUT2D eigenvalue weighted by atomic mass is 10.1. The number of carbonyl (C=O) groups is 2. The van der Waals surface area contributed by atoms with Gasteiger partial charge in [0.2, 0.25) is 5.91 Å². The molecule has 0 aliphatic rings. The van der Waals surface area contributed by atoms with E-state index in [1.165, 1.54) is 0 Å². The average molecular weight is 279 g/mol. The Morgan fingerprint density at radius 2 is 2.15 bits per heavy atom. The summed E-state index contributed by atoms with van der Waals surface area (Å²) >= 11 is 0. The molecule has 0 radical (unpaired) electrons. The third-order valence-electron chi connectivity index (χ3n) is 2.76. The molecule has 1 rings (SSSR count). The smallest absolute Gasteiger partial charge is 0.321 e. The zero-order valence-corrected chi connectivity index (χ0v) is 11.6. The molecular formula is C14H21N3O3. The molecule has 0 fully saturated rings. The predicted molar refractivity (Wildman–Crippen MR) is 77.5 cm³/mol. The van der Waals surface area contributed by atoms with Crippen molar-refractivity contribution in [1.29, 1.82) is 0 Å². The van der Waals surface area contributed by atoms with Crippen LogP contribution in [0.15, 0.2) is 24.3 Å². The molecule has 1 aromatic rings. The molecule has 1 atom stereocenters. The van der Waals surface area contributed by atoms with Crippen LogP contribution in [0.25, 0.3) is 0 Å². The molecule has 1 amide bonds. The number of aryl methyl sites for hydroxylation is 1. The Kier molecular flexibility index (Phi) is 6.69. The van der Waals surface area contributed by atoms with Crippen LogP contribution in [0.5, 0.6) is 0 Å². The Bertz CT molecular complexity index is 463. The summed E-state index contributed by atoms with van der Waals surface area (Å²) in [5.74, 6) is -1.37. The lowest BCUT2D eigenvalue weighted by Crippen LogP contribution is -2.40. The first-order valence-electron chi connectivity index (χ1n) is 6.55. The van der Waals surface area contributed by atoms with Crippen molar-refractivity contribution in [2.24, 2.45) is 5.73 Å². The van der Waals surface area contributed by atoms with Gasteiger partial charge in [0.15, 0.2) is 0 Å². The van der Waals surface area contributed by atoms with E-state index in [0.717, 1.165) is 5.56 Å². The lowest BCUT2D eigenvalue weighted by Gasteiger charge is -2.14. The summed E-state index contributed by atoms with van der Waals surface area (Å²) in [6.45, 7) is 2.88. The number of nitrogens with two attached hydrogens (primary N) is 1. The maximum absolute atomic E-state index is 11.8. The highest BCUT2D eigenvalue weighted by molar-refractivity contribution is 5.94. The van der Waals surface area contributed by atoms with Crippen LogP contribution in [0.1, 0.15) is 18.4 Å². The fraction of sp³-hybridized carbons (Fsp3) is 0.429. The van der Waals surface area contributed by atoms with Crippen molar-refractivity contribution in [3.8, 4) is 0 Å². The van der Waals surface area contributed by atoms with E-state index in [1.54, 1.807) is 6.07 Å². The number of nitrogens with one attached hydrogen (secondary N) is 2. The van der Waals surface area contributed by atoms with E-state index >= 15 is 0 Å². The summed E-state index contributed by atoms with van der Waals surface area (Å²) in [7, 11) is 0. The minimum Gasteiger partial charge on any atom is -0.480 e. The summed E-state index contributed by atoms with van der Waals surface area (Å²) in [5.41, 5.74) is 7.04. The van der Waals surface area contributed by atoms with E-state index in [0.29, 0.717) is 25.2 Å². The third-order valence-corrected chi connectivity index (χ3v) is 2.76. The van der Waals surface area contributed by atoms with Gasteiger partial charge < -0.3 is 21.5 Å².